The topological polar surface area (TPSA) is 123 Å². The zero-order valence-corrected chi connectivity index (χ0v) is 31.0. The number of rotatable bonds is 23. The SMILES string of the molecule is C=CC[C@H](CC(=O)N[C@H](CO)Cc1ccc(OCc2ccccc2)cc1)C(=O)N[C@@H](COC)[C@@H](OC(=O)[C@@H](CC=C)Cc1ccccc1)c1ccccc1. The smallest absolute Gasteiger partial charge is 0.310 e. The van der Waals surface area contributed by atoms with Gasteiger partial charge in [-0.3, -0.25) is 14.4 Å². The van der Waals surface area contributed by atoms with Gasteiger partial charge >= 0.3 is 5.97 Å². The molecule has 0 spiro atoms. The third-order valence-electron chi connectivity index (χ3n) is 9.01. The fourth-order valence-corrected chi connectivity index (χ4v) is 6.20. The molecule has 0 aromatic heterocycles. The van der Waals surface area contributed by atoms with Crippen LogP contribution in [0.3, 0.4) is 0 Å². The number of carbonyl (C=O) groups excluding carboxylic acids is 3. The van der Waals surface area contributed by atoms with Crippen molar-refractivity contribution in [2.75, 3.05) is 20.3 Å². The number of carbonyl (C=O) groups is 3. The summed E-state index contributed by atoms with van der Waals surface area (Å²) in [6.07, 6.45) is 3.76. The van der Waals surface area contributed by atoms with Crippen LogP contribution in [-0.4, -0.2) is 55.3 Å². The second-order valence-corrected chi connectivity index (χ2v) is 13.2. The highest BCUT2D eigenvalue weighted by atomic mass is 16.5. The highest BCUT2D eigenvalue weighted by molar-refractivity contribution is 5.86. The number of esters is 1. The lowest BCUT2D eigenvalue weighted by Crippen LogP contribution is -2.47. The molecule has 0 aliphatic carbocycles. The van der Waals surface area contributed by atoms with Crippen LogP contribution in [0, 0.1) is 11.8 Å². The molecule has 5 atom stereocenters. The van der Waals surface area contributed by atoms with E-state index >= 15 is 0 Å². The van der Waals surface area contributed by atoms with E-state index in [1.54, 1.807) is 12.2 Å². The summed E-state index contributed by atoms with van der Waals surface area (Å²) >= 11 is 0. The summed E-state index contributed by atoms with van der Waals surface area (Å²) < 4.78 is 17.6. The average molecular weight is 733 g/mol. The van der Waals surface area contributed by atoms with E-state index in [1.165, 1.54) is 7.11 Å². The first-order valence-electron chi connectivity index (χ1n) is 18.3. The molecule has 54 heavy (non-hydrogen) atoms. The number of methoxy groups -OCH3 is 1. The third kappa shape index (κ3) is 13.5. The maximum Gasteiger partial charge on any atom is 0.310 e. The van der Waals surface area contributed by atoms with Crippen LogP contribution in [0.15, 0.2) is 141 Å². The Balaban J connectivity index is 1.40. The maximum absolute atomic E-state index is 13.9. The van der Waals surface area contributed by atoms with Gasteiger partial charge in [0.05, 0.1) is 37.1 Å². The summed E-state index contributed by atoms with van der Waals surface area (Å²) in [6.45, 7) is 7.85. The summed E-state index contributed by atoms with van der Waals surface area (Å²) in [5.41, 5.74) is 3.65. The summed E-state index contributed by atoms with van der Waals surface area (Å²) in [7, 11) is 1.51. The Labute approximate surface area is 319 Å². The number of ether oxygens (including phenoxy) is 3. The minimum atomic E-state index is -0.877. The number of nitrogens with one attached hydrogen (secondary N) is 2. The number of amides is 2. The van der Waals surface area contributed by atoms with Gasteiger partial charge in [0, 0.05) is 13.5 Å². The Morgan fingerprint density at radius 1 is 0.722 bits per heavy atom. The van der Waals surface area contributed by atoms with Crippen LogP contribution >= 0.6 is 0 Å². The van der Waals surface area contributed by atoms with E-state index in [1.807, 2.05) is 115 Å². The van der Waals surface area contributed by atoms with Crippen LogP contribution in [0.2, 0.25) is 0 Å². The number of hydrogen-bond acceptors (Lipinski definition) is 7. The van der Waals surface area contributed by atoms with Crippen molar-refractivity contribution in [1.29, 1.82) is 0 Å². The molecular formula is C45H52N2O7. The molecule has 9 heteroatoms. The molecule has 0 unspecified atom stereocenters. The van der Waals surface area contributed by atoms with Gasteiger partial charge in [-0.1, -0.05) is 115 Å². The molecule has 3 N–H and O–H groups in total. The molecule has 0 aliphatic heterocycles. The molecule has 9 nitrogen and oxygen atoms in total. The molecule has 4 aromatic carbocycles. The predicted octanol–water partition coefficient (Wildman–Crippen LogP) is 6.72. The lowest BCUT2D eigenvalue weighted by molar-refractivity contribution is -0.158. The Kier molecular flexibility index (Phi) is 17.2. The zero-order valence-electron chi connectivity index (χ0n) is 31.0. The Morgan fingerprint density at radius 3 is 1.89 bits per heavy atom. The second kappa shape index (κ2) is 22.5. The molecule has 0 saturated heterocycles. The number of aliphatic hydroxyl groups is 1. The van der Waals surface area contributed by atoms with E-state index in [0.29, 0.717) is 37.2 Å². The monoisotopic (exact) mass is 732 g/mol. The van der Waals surface area contributed by atoms with E-state index in [2.05, 4.69) is 23.8 Å². The lowest BCUT2D eigenvalue weighted by atomic mass is 9.95. The molecule has 2 amide bonds. The first kappa shape index (κ1) is 41.2. The fourth-order valence-electron chi connectivity index (χ4n) is 6.20. The predicted molar refractivity (Wildman–Crippen MR) is 210 cm³/mol. The molecule has 0 aliphatic rings. The Hall–Kier alpha value is -5.51. The summed E-state index contributed by atoms with van der Waals surface area (Å²) in [4.78, 5) is 40.9. The standard InChI is InChI=1S/C45H52N2O7/c1-4-15-37(29-42(49)46-39(30-48)28-34-23-25-40(26-24-34)53-31-35-19-11-7-12-20-35)44(50)47-41(32-52-3)43(36-21-13-8-14-22-36)54-45(51)38(16-5-2)27-33-17-9-6-10-18-33/h4-14,17-26,37-39,41,43,48H,1-2,15-16,27-32H2,3H3,(H,46,49)(H,47,50)/t37-,38+,39+,41+,43+/m1/s1. The summed E-state index contributed by atoms with van der Waals surface area (Å²) in [6, 6.07) is 35.0. The molecular weight excluding hydrogens is 681 g/mol. The van der Waals surface area contributed by atoms with Crippen molar-refractivity contribution in [3.8, 4) is 5.75 Å². The van der Waals surface area contributed by atoms with Crippen LogP contribution in [0.1, 0.15) is 47.6 Å². The molecule has 4 rings (SSSR count). The van der Waals surface area contributed by atoms with Gasteiger partial charge in [-0.15, -0.1) is 13.2 Å². The molecule has 0 bridgehead atoms. The van der Waals surface area contributed by atoms with Gasteiger partial charge in [0.25, 0.3) is 0 Å². The van der Waals surface area contributed by atoms with Gasteiger partial charge in [-0.05, 0) is 60.1 Å². The summed E-state index contributed by atoms with van der Waals surface area (Å²) in [5.74, 6) is -1.78. The Morgan fingerprint density at radius 2 is 1.30 bits per heavy atom. The highest BCUT2D eigenvalue weighted by Gasteiger charge is 2.33. The van der Waals surface area contributed by atoms with Crippen LogP contribution < -0.4 is 15.4 Å². The van der Waals surface area contributed by atoms with E-state index < -0.39 is 41.9 Å². The minimum Gasteiger partial charge on any atom is -0.489 e. The molecule has 0 fully saturated rings. The number of benzene rings is 4. The van der Waals surface area contributed by atoms with Crippen LogP contribution in [0.4, 0.5) is 0 Å². The second-order valence-electron chi connectivity index (χ2n) is 13.2. The van der Waals surface area contributed by atoms with Gasteiger partial charge in [0.2, 0.25) is 11.8 Å². The van der Waals surface area contributed by atoms with Crippen LogP contribution in [0.25, 0.3) is 0 Å². The summed E-state index contributed by atoms with van der Waals surface area (Å²) in [5, 5.41) is 16.0. The quantitative estimate of drug-likeness (QED) is 0.0572. The number of hydrogen-bond donors (Lipinski definition) is 3. The van der Waals surface area contributed by atoms with Crippen molar-refractivity contribution in [3.63, 3.8) is 0 Å². The number of aliphatic hydroxyl groups excluding tert-OH is 1. The Bertz CT molecular complexity index is 1730. The van der Waals surface area contributed by atoms with Gasteiger partial charge in [-0.25, -0.2) is 0 Å². The van der Waals surface area contributed by atoms with Gasteiger partial charge in [0.1, 0.15) is 18.5 Å². The normalized spacial score (nSPS) is 13.7. The van der Waals surface area contributed by atoms with Crippen LogP contribution in [0.5, 0.6) is 5.75 Å². The highest BCUT2D eigenvalue weighted by Crippen LogP contribution is 2.26. The third-order valence-corrected chi connectivity index (χ3v) is 9.01. The zero-order chi connectivity index (χ0) is 38.5. The van der Waals surface area contributed by atoms with Gasteiger partial charge in [-0.2, -0.15) is 0 Å². The molecule has 284 valence electrons. The average Bonchev–Trinajstić information content (AvgIpc) is 3.20. The maximum atomic E-state index is 13.9. The van der Waals surface area contributed by atoms with Crippen LogP contribution in [-0.2, 0) is 43.3 Å². The number of allylic oxidation sites excluding steroid dienone is 2. The van der Waals surface area contributed by atoms with Gasteiger partial charge < -0.3 is 30.0 Å². The van der Waals surface area contributed by atoms with E-state index in [-0.39, 0.29) is 32.0 Å². The largest absolute Gasteiger partial charge is 0.489 e. The van der Waals surface area contributed by atoms with Gasteiger partial charge in [0.15, 0.2) is 0 Å². The van der Waals surface area contributed by atoms with Crippen molar-refractivity contribution in [3.05, 3.63) is 163 Å². The van der Waals surface area contributed by atoms with Crippen molar-refractivity contribution in [1.82, 2.24) is 10.6 Å². The van der Waals surface area contributed by atoms with E-state index in [4.69, 9.17) is 14.2 Å². The first-order valence-corrected chi connectivity index (χ1v) is 18.3. The van der Waals surface area contributed by atoms with E-state index in [0.717, 1.165) is 16.7 Å². The molecule has 0 radical (unpaired) electrons. The molecule has 0 saturated carbocycles. The van der Waals surface area contributed by atoms with Crippen molar-refractivity contribution < 1.29 is 33.7 Å². The lowest BCUT2D eigenvalue weighted by Gasteiger charge is -2.30. The molecule has 0 heterocycles. The fraction of sp³-hybridized carbons (Fsp3) is 0.311. The van der Waals surface area contributed by atoms with Crippen molar-refractivity contribution in [2.45, 2.75) is 56.9 Å². The minimum absolute atomic E-state index is 0.0407. The molecule has 4 aromatic rings. The van der Waals surface area contributed by atoms with E-state index in [9.17, 15) is 19.5 Å². The first-order chi connectivity index (χ1) is 26.3. The van der Waals surface area contributed by atoms with Crippen molar-refractivity contribution in [2.24, 2.45) is 11.8 Å². The van der Waals surface area contributed by atoms with Crippen molar-refractivity contribution >= 4 is 17.8 Å².